The van der Waals surface area contributed by atoms with Crippen LogP contribution in [0.5, 0.6) is 0 Å². The Hall–Kier alpha value is -7.06. The number of amides is 4. The summed E-state index contributed by atoms with van der Waals surface area (Å²) < 4.78 is 0. The molecule has 2 aliphatic rings. The van der Waals surface area contributed by atoms with Gasteiger partial charge < -0.3 is 0 Å². The van der Waals surface area contributed by atoms with E-state index in [1.54, 1.807) is 73.1 Å². The molecule has 9 aromatic rings. The van der Waals surface area contributed by atoms with E-state index in [4.69, 9.17) is 0 Å². The largest absolute Gasteiger partial charge is 0.268 e. The third-order valence-electron chi connectivity index (χ3n) is 10.4. The molecule has 0 aliphatic carbocycles. The van der Waals surface area contributed by atoms with Crippen LogP contribution in [0.4, 0.5) is 11.4 Å². The predicted octanol–water partition coefficient (Wildman–Crippen LogP) is 8.43. The van der Waals surface area contributed by atoms with Crippen LogP contribution in [0.15, 0.2) is 122 Å². The van der Waals surface area contributed by atoms with E-state index in [-0.39, 0.29) is 0 Å². The maximum Gasteiger partial charge on any atom is 0.266 e. The number of hydrogen-bond acceptors (Lipinski definition) is 6. The average Bonchev–Trinajstić information content (AvgIpc) is 3.15. The molecule has 4 amide bonds. The molecule has 0 radical (unpaired) electrons. The van der Waals surface area contributed by atoms with Crippen LogP contribution in [0.2, 0.25) is 0 Å². The smallest absolute Gasteiger partial charge is 0.266 e. The molecule has 232 valence electrons. The molecule has 11 rings (SSSR count). The maximum atomic E-state index is 14.3. The number of rotatable bonds is 2. The van der Waals surface area contributed by atoms with Crippen molar-refractivity contribution in [3.63, 3.8) is 0 Å². The fourth-order valence-corrected chi connectivity index (χ4v) is 8.27. The zero-order valence-electron chi connectivity index (χ0n) is 26.0. The van der Waals surface area contributed by atoms with Crippen molar-refractivity contribution in [3.05, 3.63) is 144 Å². The van der Waals surface area contributed by atoms with E-state index in [9.17, 15) is 19.2 Å². The van der Waals surface area contributed by atoms with Crippen molar-refractivity contribution in [2.45, 2.75) is 0 Å². The molecule has 0 unspecified atom stereocenters. The molecule has 0 saturated heterocycles. The molecular weight excluding hydrogens is 624 g/mol. The van der Waals surface area contributed by atoms with Gasteiger partial charge >= 0.3 is 0 Å². The summed E-state index contributed by atoms with van der Waals surface area (Å²) in [7, 11) is 0. The van der Waals surface area contributed by atoms with E-state index >= 15 is 0 Å². The van der Waals surface area contributed by atoms with Crippen molar-refractivity contribution in [2.24, 2.45) is 0 Å². The van der Waals surface area contributed by atoms with Gasteiger partial charge in [0, 0.05) is 56.2 Å². The summed E-state index contributed by atoms with van der Waals surface area (Å²) in [5.74, 6) is -1.62. The van der Waals surface area contributed by atoms with E-state index in [0.29, 0.717) is 66.2 Å². The quantitative estimate of drug-likeness (QED) is 0.106. The highest BCUT2D eigenvalue weighted by atomic mass is 16.2. The van der Waals surface area contributed by atoms with E-state index in [1.165, 1.54) is 9.80 Å². The predicted molar refractivity (Wildman–Crippen MR) is 193 cm³/mol. The molecule has 2 aliphatic heterocycles. The fourth-order valence-electron chi connectivity index (χ4n) is 8.27. The average molecular weight is 645 g/mol. The number of imide groups is 2. The number of hydrogen-bond donors (Lipinski definition) is 0. The Morgan fingerprint density at radius 1 is 0.340 bits per heavy atom. The molecule has 0 bridgehead atoms. The Morgan fingerprint density at radius 3 is 1.06 bits per heavy atom. The van der Waals surface area contributed by atoms with Gasteiger partial charge in [-0.05, 0) is 105 Å². The van der Waals surface area contributed by atoms with Crippen molar-refractivity contribution in [1.82, 2.24) is 9.97 Å². The number of anilines is 2. The van der Waals surface area contributed by atoms with Crippen molar-refractivity contribution in [2.75, 3.05) is 9.80 Å². The molecule has 8 nitrogen and oxygen atoms in total. The maximum absolute atomic E-state index is 14.3. The van der Waals surface area contributed by atoms with Crippen LogP contribution < -0.4 is 9.80 Å². The highest BCUT2D eigenvalue weighted by molar-refractivity contribution is 6.46. The third kappa shape index (κ3) is 3.20. The summed E-state index contributed by atoms with van der Waals surface area (Å²) in [5.41, 5.74) is 4.07. The van der Waals surface area contributed by atoms with Gasteiger partial charge in [-0.1, -0.05) is 36.4 Å². The second kappa shape index (κ2) is 9.30. The molecule has 4 heterocycles. The first kappa shape index (κ1) is 26.9. The van der Waals surface area contributed by atoms with Gasteiger partial charge in [0.2, 0.25) is 0 Å². The highest BCUT2D eigenvalue weighted by Crippen LogP contribution is 2.47. The Kier molecular flexibility index (Phi) is 5.01. The molecular formula is C42H20N4O4. The standard InChI is InChI=1S/C42H20N4O4/c47-39-27-15-11-21-23-13-17-29-38-30(42(50)46(41(29)49)34-10-2-8-32-26(34)6-4-20-44-32)18-14-24(36(23)38)22-12-16-28(37(27)35(21)22)40(48)45(39)33-9-1-7-31-25(33)5-3-19-43-31/h1-20H. The van der Waals surface area contributed by atoms with Gasteiger partial charge in [0.25, 0.3) is 23.6 Å². The first-order valence-electron chi connectivity index (χ1n) is 16.2. The van der Waals surface area contributed by atoms with Crippen molar-refractivity contribution in [1.29, 1.82) is 0 Å². The van der Waals surface area contributed by atoms with Crippen LogP contribution >= 0.6 is 0 Å². The summed E-state index contributed by atoms with van der Waals surface area (Å²) in [6.45, 7) is 0. The van der Waals surface area contributed by atoms with Crippen LogP contribution in [0.25, 0.3) is 64.9 Å². The molecule has 8 heteroatoms. The number of benzene rings is 7. The Bertz CT molecular complexity index is 2760. The topological polar surface area (TPSA) is 101 Å². The highest BCUT2D eigenvalue weighted by Gasteiger charge is 2.38. The molecule has 0 spiro atoms. The second-order valence-corrected chi connectivity index (χ2v) is 12.7. The summed E-state index contributed by atoms with van der Waals surface area (Å²) in [6, 6.07) is 32.9. The number of aromatic nitrogens is 2. The molecule has 0 fully saturated rings. The SMILES string of the molecule is O=C1c2ccc3c4ccc5c6c(ccc(c7ccc(c2c37)C(=O)N1c1cccc2ncccc12)c64)C(=O)N(c1cccc2ncccc12)C5=O. The van der Waals surface area contributed by atoms with Crippen LogP contribution in [0.3, 0.4) is 0 Å². The lowest BCUT2D eigenvalue weighted by Crippen LogP contribution is -2.40. The van der Waals surface area contributed by atoms with Gasteiger partial charge in [-0.3, -0.25) is 29.1 Å². The zero-order valence-corrected chi connectivity index (χ0v) is 26.0. The van der Waals surface area contributed by atoms with E-state index < -0.39 is 23.6 Å². The number of carbonyl (C=O) groups excluding carboxylic acids is 4. The monoisotopic (exact) mass is 644 g/mol. The molecule has 2 aromatic heterocycles. The Morgan fingerprint density at radius 2 is 0.700 bits per heavy atom. The zero-order chi connectivity index (χ0) is 33.4. The summed E-state index contributed by atoms with van der Waals surface area (Å²) in [6.07, 6.45) is 3.36. The lowest BCUT2D eigenvalue weighted by molar-refractivity contribution is 0.0878. The molecule has 0 saturated carbocycles. The fraction of sp³-hybridized carbons (Fsp3) is 0. The van der Waals surface area contributed by atoms with Crippen molar-refractivity contribution >= 4 is 99.9 Å². The normalized spacial score (nSPS) is 14.5. The number of carbonyl (C=O) groups is 4. The molecule has 50 heavy (non-hydrogen) atoms. The van der Waals surface area contributed by atoms with Gasteiger partial charge in [0.05, 0.1) is 22.4 Å². The summed E-state index contributed by atoms with van der Waals surface area (Å²) in [5, 5.41) is 7.57. The van der Waals surface area contributed by atoms with E-state index in [0.717, 1.165) is 32.3 Å². The summed E-state index contributed by atoms with van der Waals surface area (Å²) >= 11 is 0. The van der Waals surface area contributed by atoms with E-state index in [1.807, 2.05) is 48.5 Å². The van der Waals surface area contributed by atoms with Crippen LogP contribution in [-0.2, 0) is 0 Å². The lowest BCUT2D eigenvalue weighted by atomic mass is 9.82. The molecule has 0 atom stereocenters. The number of fused-ring (bicyclic) bond motifs is 4. The first-order chi connectivity index (χ1) is 24.5. The molecule has 7 aromatic carbocycles. The molecule has 0 N–H and O–H groups in total. The second-order valence-electron chi connectivity index (χ2n) is 12.7. The number of nitrogens with zero attached hydrogens (tertiary/aromatic N) is 4. The van der Waals surface area contributed by atoms with Gasteiger partial charge in [-0.25, -0.2) is 9.80 Å². The van der Waals surface area contributed by atoms with Crippen molar-refractivity contribution in [3.8, 4) is 0 Å². The lowest BCUT2D eigenvalue weighted by Gasteiger charge is -2.30. The Labute approximate surface area is 282 Å². The van der Waals surface area contributed by atoms with Gasteiger partial charge in [0.15, 0.2) is 0 Å². The van der Waals surface area contributed by atoms with Crippen LogP contribution in [-0.4, -0.2) is 33.6 Å². The third-order valence-corrected chi connectivity index (χ3v) is 10.4. The summed E-state index contributed by atoms with van der Waals surface area (Å²) in [4.78, 5) is 68.4. The van der Waals surface area contributed by atoms with Crippen molar-refractivity contribution < 1.29 is 19.2 Å². The minimum absolute atomic E-state index is 0.404. The van der Waals surface area contributed by atoms with Gasteiger partial charge in [-0.15, -0.1) is 0 Å². The van der Waals surface area contributed by atoms with Crippen LogP contribution in [0, 0.1) is 0 Å². The minimum Gasteiger partial charge on any atom is -0.268 e. The Balaban J connectivity index is 1.15. The van der Waals surface area contributed by atoms with Crippen LogP contribution in [0.1, 0.15) is 41.4 Å². The number of pyridine rings is 2. The van der Waals surface area contributed by atoms with E-state index in [2.05, 4.69) is 9.97 Å². The van der Waals surface area contributed by atoms with Gasteiger partial charge in [-0.2, -0.15) is 0 Å². The van der Waals surface area contributed by atoms with Gasteiger partial charge in [0.1, 0.15) is 0 Å². The minimum atomic E-state index is -0.404. The first-order valence-corrected chi connectivity index (χ1v) is 16.2.